The lowest BCUT2D eigenvalue weighted by Gasteiger charge is -2.30. The molecule has 1 aromatic carbocycles. The summed E-state index contributed by atoms with van der Waals surface area (Å²) in [5, 5.41) is 0. The minimum Gasteiger partial charge on any atom is -0.491 e. The Morgan fingerprint density at radius 2 is 1.95 bits per heavy atom. The maximum absolute atomic E-state index is 6.10. The van der Waals surface area contributed by atoms with Gasteiger partial charge in [-0.15, -0.1) is 0 Å². The summed E-state index contributed by atoms with van der Waals surface area (Å²) in [5.41, 5.74) is -0.376. The maximum Gasteiger partial charge on any atom is 0.137 e. The molecule has 4 heteroatoms. The zero-order valence-corrected chi connectivity index (χ0v) is 12.4. The normalized spacial score (nSPS) is 20.5. The minimum atomic E-state index is -0.376. The lowest BCUT2D eigenvalue weighted by atomic mass is 10.2. The van der Waals surface area contributed by atoms with Gasteiger partial charge in [-0.05, 0) is 38.1 Å². The van der Waals surface area contributed by atoms with Crippen LogP contribution >= 0.6 is 0 Å². The Bertz CT molecular complexity index is 572. The van der Waals surface area contributed by atoms with Crippen LogP contribution in [0.15, 0.2) is 54.7 Å². The van der Waals surface area contributed by atoms with Crippen LogP contribution in [0.2, 0.25) is 0 Å². The largest absolute Gasteiger partial charge is 0.491 e. The van der Waals surface area contributed by atoms with Gasteiger partial charge in [-0.2, -0.15) is 0 Å². The molecular weight excluding hydrogens is 264 g/mol. The summed E-state index contributed by atoms with van der Waals surface area (Å²) >= 11 is 0. The van der Waals surface area contributed by atoms with Crippen LogP contribution in [0.4, 0.5) is 5.82 Å². The van der Waals surface area contributed by atoms with Gasteiger partial charge >= 0.3 is 0 Å². The van der Waals surface area contributed by atoms with E-state index in [1.54, 1.807) is 6.20 Å². The Hall–Kier alpha value is -2.07. The van der Waals surface area contributed by atoms with Crippen LogP contribution in [0, 0.1) is 0 Å². The second-order valence-electron chi connectivity index (χ2n) is 5.61. The molecule has 1 atom stereocenters. The summed E-state index contributed by atoms with van der Waals surface area (Å²) in [4.78, 5) is 6.59. The third-order valence-corrected chi connectivity index (χ3v) is 3.60. The molecule has 0 saturated carbocycles. The number of ether oxygens (including phenoxy) is 2. The van der Waals surface area contributed by atoms with E-state index in [1.807, 2.05) is 48.5 Å². The van der Waals surface area contributed by atoms with Crippen LogP contribution < -0.4 is 9.64 Å². The summed E-state index contributed by atoms with van der Waals surface area (Å²) < 4.78 is 11.9. The van der Waals surface area contributed by atoms with Crippen LogP contribution in [-0.2, 0) is 4.74 Å². The minimum absolute atomic E-state index is 0.0298. The van der Waals surface area contributed by atoms with Gasteiger partial charge in [-0.3, -0.25) is 0 Å². The van der Waals surface area contributed by atoms with Crippen molar-refractivity contribution in [1.82, 2.24) is 4.98 Å². The molecule has 1 aromatic heterocycles. The molecule has 21 heavy (non-hydrogen) atoms. The van der Waals surface area contributed by atoms with Crippen molar-refractivity contribution in [3.8, 4) is 5.75 Å². The number of nitrogens with zero attached hydrogens (tertiary/aromatic N) is 2. The zero-order valence-electron chi connectivity index (χ0n) is 12.4. The molecule has 0 spiro atoms. The van der Waals surface area contributed by atoms with Gasteiger partial charge in [0.1, 0.15) is 30.0 Å². The quantitative estimate of drug-likeness (QED) is 0.864. The molecule has 1 fully saturated rings. The molecule has 4 nitrogen and oxygen atoms in total. The number of para-hydroxylation sites is 1. The molecule has 0 N–H and O–H groups in total. The number of aromatic nitrogens is 1. The highest BCUT2D eigenvalue weighted by molar-refractivity contribution is 5.41. The molecular formula is C17H20N2O2. The SMILES string of the molecule is CC1(C)OC(COc2ccccc2)CN1c1ccccn1. The predicted octanol–water partition coefficient (Wildman–Crippen LogP) is 3.10. The van der Waals surface area contributed by atoms with Gasteiger partial charge in [0.05, 0.1) is 6.54 Å². The number of rotatable bonds is 4. The average Bonchev–Trinajstić information content (AvgIpc) is 2.82. The maximum atomic E-state index is 6.10. The Morgan fingerprint density at radius 1 is 1.19 bits per heavy atom. The molecule has 0 aliphatic carbocycles. The lowest BCUT2D eigenvalue weighted by Crippen LogP contribution is -2.39. The molecule has 2 aromatic rings. The Balaban J connectivity index is 1.65. The van der Waals surface area contributed by atoms with E-state index in [9.17, 15) is 0 Å². The van der Waals surface area contributed by atoms with Crippen LogP contribution in [-0.4, -0.2) is 30.0 Å². The van der Waals surface area contributed by atoms with Crippen LogP contribution in [0.25, 0.3) is 0 Å². The fourth-order valence-electron chi connectivity index (χ4n) is 2.61. The fraction of sp³-hybridized carbons (Fsp3) is 0.353. The van der Waals surface area contributed by atoms with E-state index in [-0.39, 0.29) is 11.8 Å². The van der Waals surface area contributed by atoms with Gasteiger partial charge in [-0.1, -0.05) is 24.3 Å². The van der Waals surface area contributed by atoms with Gasteiger partial charge in [0.2, 0.25) is 0 Å². The van der Waals surface area contributed by atoms with E-state index in [0.29, 0.717) is 6.61 Å². The molecule has 1 unspecified atom stereocenters. The fourth-order valence-corrected chi connectivity index (χ4v) is 2.61. The van der Waals surface area contributed by atoms with E-state index in [0.717, 1.165) is 18.1 Å². The summed E-state index contributed by atoms with van der Waals surface area (Å²) in [6.45, 7) is 5.43. The first-order valence-electron chi connectivity index (χ1n) is 7.19. The third kappa shape index (κ3) is 3.16. The standard InChI is InChI=1S/C17H20N2O2/c1-17(2)19(16-10-6-7-11-18-16)12-15(21-17)13-20-14-8-4-3-5-9-14/h3-11,15H,12-13H2,1-2H3. The van der Waals surface area contributed by atoms with Crippen molar-refractivity contribution in [1.29, 1.82) is 0 Å². The topological polar surface area (TPSA) is 34.6 Å². The highest BCUT2D eigenvalue weighted by Gasteiger charge is 2.40. The molecule has 0 amide bonds. The van der Waals surface area contributed by atoms with Gasteiger partial charge in [0.25, 0.3) is 0 Å². The molecule has 1 aliphatic rings. The van der Waals surface area contributed by atoms with Crippen molar-refractivity contribution in [3.63, 3.8) is 0 Å². The summed E-state index contributed by atoms with van der Waals surface area (Å²) in [5.74, 6) is 1.81. The molecule has 0 radical (unpaired) electrons. The first kappa shape index (κ1) is 13.9. The average molecular weight is 284 g/mol. The first-order valence-corrected chi connectivity index (χ1v) is 7.19. The third-order valence-electron chi connectivity index (χ3n) is 3.60. The van der Waals surface area contributed by atoms with Gasteiger partial charge < -0.3 is 14.4 Å². The van der Waals surface area contributed by atoms with Crippen molar-refractivity contribution >= 4 is 5.82 Å². The summed E-state index contributed by atoms with van der Waals surface area (Å²) in [7, 11) is 0. The highest BCUT2D eigenvalue weighted by atomic mass is 16.6. The Labute approximate surface area is 125 Å². The number of pyridine rings is 1. The van der Waals surface area contributed by atoms with Gasteiger partial charge in [-0.25, -0.2) is 4.98 Å². The van der Waals surface area contributed by atoms with Gasteiger partial charge in [0, 0.05) is 6.20 Å². The number of anilines is 1. The van der Waals surface area contributed by atoms with Crippen molar-refractivity contribution in [2.45, 2.75) is 25.7 Å². The van der Waals surface area contributed by atoms with E-state index in [1.165, 1.54) is 0 Å². The molecule has 3 rings (SSSR count). The smallest absolute Gasteiger partial charge is 0.137 e. The Kier molecular flexibility index (Phi) is 3.80. The van der Waals surface area contributed by atoms with Crippen molar-refractivity contribution in [3.05, 3.63) is 54.7 Å². The predicted molar refractivity (Wildman–Crippen MR) is 82.5 cm³/mol. The molecule has 110 valence electrons. The van der Waals surface area contributed by atoms with E-state index >= 15 is 0 Å². The van der Waals surface area contributed by atoms with Crippen molar-refractivity contribution < 1.29 is 9.47 Å². The van der Waals surface area contributed by atoms with Crippen LogP contribution in [0.5, 0.6) is 5.75 Å². The second kappa shape index (κ2) is 5.74. The molecule has 2 heterocycles. The van der Waals surface area contributed by atoms with Crippen molar-refractivity contribution in [2.24, 2.45) is 0 Å². The lowest BCUT2D eigenvalue weighted by molar-refractivity contribution is -0.0301. The molecule has 0 bridgehead atoms. The monoisotopic (exact) mass is 284 g/mol. The first-order chi connectivity index (χ1) is 10.1. The molecule has 1 saturated heterocycles. The van der Waals surface area contributed by atoms with E-state index in [4.69, 9.17) is 9.47 Å². The van der Waals surface area contributed by atoms with Crippen LogP contribution in [0.3, 0.4) is 0 Å². The number of benzene rings is 1. The van der Waals surface area contributed by atoms with Crippen LogP contribution in [0.1, 0.15) is 13.8 Å². The van der Waals surface area contributed by atoms with E-state index in [2.05, 4.69) is 23.7 Å². The summed E-state index contributed by atoms with van der Waals surface area (Å²) in [6, 6.07) is 15.7. The van der Waals surface area contributed by atoms with Crippen molar-refractivity contribution in [2.75, 3.05) is 18.1 Å². The molecule has 1 aliphatic heterocycles. The number of hydrogen-bond acceptors (Lipinski definition) is 4. The second-order valence-corrected chi connectivity index (χ2v) is 5.61. The van der Waals surface area contributed by atoms with Gasteiger partial charge in [0.15, 0.2) is 0 Å². The number of hydrogen-bond donors (Lipinski definition) is 0. The zero-order chi connectivity index (χ0) is 14.7. The summed E-state index contributed by atoms with van der Waals surface area (Å²) in [6.07, 6.45) is 1.83. The van der Waals surface area contributed by atoms with E-state index < -0.39 is 0 Å². The highest BCUT2D eigenvalue weighted by Crippen LogP contribution is 2.31. The Morgan fingerprint density at radius 3 is 2.67 bits per heavy atom.